The van der Waals surface area contributed by atoms with Crippen molar-refractivity contribution >= 4 is 28.5 Å². The molecule has 2 aromatic rings. The molecule has 7 nitrogen and oxygen atoms in total. The van der Waals surface area contributed by atoms with Gasteiger partial charge in [0.05, 0.1) is 11.6 Å². The van der Waals surface area contributed by atoms with E-state index < -0.39 is 6.04 Å². The van der Waals surface area contributed by atoms with E-state index in [9.17, 15) is 14.4 Å². The van der Waals surface area contributed by atoms with Gasteiger partial charge in [-0.1, -0.05) is 51.0 Å². The standard InChI is InChI=1S/C28H42N4O3/c1-4-6-11-19-32(28(35)24(29)13-9-10-18-30-21(3)33)20-17-22(5-2)27(34)26-16-15-23-12-7-8-14-25(23)31-26/h7-8,12,14-16,22,24H,4-6,9-11,13,17-20,29H2,1-3H3,(H,30,33)/t22?,24-/m1/s1. The third-order valence-electron chi connectivity index (χ3n) is 6.44. The van der Waals surface area contributed by atoms with E-state index in [1.165, 1.54) is 6.92 Å². The van der Waals surface area contributed by atoms with Gasteiger partial charge in [0.15, 0.2) is 5.78 Å². The molecule has 0 aliphatic rings. The Morgan fingerprint density at radius 3 is 2.46 bits per heavy atom. The van der Waals surface area contributed by atoms with E-state index >= 15 is 0 Å². The zero-order valence-corrected chi connectivity index (χ0v) is 21.6. The van der Waals surface area contributed by atoms with Crippen molar-refractivity contribution in [3.05, 3.63) is 42.1 Å². The van der Waals surface area contributed by atoms with Crippen LogP contribution in [0, 0.1) is 5.92 Å². The SMILES string of the molecule is CCCCCN(CCC(CC)C(=O)c1ccc2ccccc2n1)C(=O)[C@H](N)CCCCNC(C)=O. The first-order valence-corrected chi connectivity index (χ1v) is 13.1. The number of carbonyl (C=O) groups excluding carboxylic acids is 3. The zero-order valence-electron chi connectivity index (χ0n) is 21.6. The fourth-order valence-electron chi connectivity index (χ4n) is 4.24. The van der Waals surface area contributed by atoms with Gasteiger partial charge < -0.3 is 16.0 Å². The largest absolute Gasteiger partial charge is 0.356 e. The summed E-state index contributed by atoms with van der Waals surface area (Å²) in [5, 5.41) is 3.78. The van der Waals surface area contributed by atoms with Crippen molar-refractivity contribution < 1.29 is 14.4 Å². The van der Waals surface area contributed by atoms with Crippen molar-refractivity contribution in [3.8, 4) is 0 Å². The number of ketones is 1. The maximum atomic E-state index is 13.2. The lowest BCUT2D eigenvalue weighted by Crippen LogP contribution is -2.45. The summed E-state index contributed by atoms with van der Waals surface area (Å²) >= 11 is 0. The van der Waals surface area contributed by atoms with Crippen molar-refractivity contribution in [2.24, 2.45) is 11.7 Å². The molecule has 0 saturated carbocycles. The minimum absolute atomic E-state index is 0.0291. The number of nitrogens with one attached hydrogen (secondary N) is 1. The lowest BCUT2D eigenvalue weighted by molar-refractivity contribution is -0.133. The van der Waals surface area contributed by atoms with Gasteiger partial charge in [-0.2, -0.15) is 0 Å². The predicted octanol–water partition coefficient (Wildman–Crippen LogP) is 4.49. The molecule has 0 saturated heterocycles. The molecule has 2 atom stereocenters. The fraction of sp³-hybridized carbons (Fsp3) is 0.571. The second-order valence-electron chi connectivity index (χ2n) is 9.26. The summed E-state index contributed by atoms with van der Waals surface area (Å²) in [5.41, 5.74) is 7.55. The number of fused-ring (bicyclic) bond motifs is 1. The van der Waals surface area contributed by atoms with Crippen molar-refractivity contribution in [2.45, 2.75) is 78.2 Å². The first-order chi connectivity index (χ1) is 16.9. The minimum atomic E-state index is -0.563. The van der Waals surface area contributed by atoms with Crippen LogP contribution in [0.4, 0.5) is 0 Å². The predicted molar refractivity (Wildman–Crippen MR) is 141 cm³/mol. The number of pyridine rings is 1. The number of para-hydroxylation sites is 1. The number of rotatable bonds is 16. The average Bonchev–Trinajstić information content (AvgIpc) is 2.86. The Bertz CT molecular complexity index is 962. The number of nitrogens with zero attached hydrogens (tertiary/aromatic N) is 2. The Kier molecular flexibility index (Phi) is 12.4. The lowest BCUT2D eigenvalue weighted by Gasteiger charge is -2.27. The van der Waals surface area contributed by atoms with Gasteiger partial charge in [0.1, 0.15) is 5.69 Å². The number of hydrogen-bond donors (Lipinski definition) is 2. The summed E-state index contributed by atoms with van der Waals surface area (Å²) < 4.78 is 0. The molecule has 0 aliphatic heterocycles. The zero-order chi connectivity index (χ0) is 25.6. The van der Waals surface area contributed by atoms with Gasteiger partial charge >= 0.3 is 0 Å². The summed E-state index contributed by atoms with van der Waals surface area (Å²) in [6, 6.07) is 11.0. The van der Waals surface area contributed by atoms with Gasteiger partial charge in [0, 0.05) is 37.9 Å². The molecule has 0 fully saturated rings. The van der Waals surface area contributed by atoms with Crippen LogP contribution in [-0.2, 0) is 9.59 Å². The summed E-state index contributed by atoms with van der Waals surface area (Å²) in [6.07, 6.45) is 6.49. The maximum Gasteiger partial charge on any atom is 0.239 e. The molecule has 0 spiro atoms. The van der Waals surface area contributed by atoms with E-state index in [1.54, 1.807) is 6.07 Å². The number of aromatic nitrogens is 1. The van der Waals surface area contributed by atoms with Gasteiger partial charge in [-0.25, -0.2) is 4.98 Å². The van der Waals surface area contributed by atoms with E-state index in [4.69, 9.17) is 5.73 Å². The van der Waals surface area contributed by atoms with Crippen LogP contribution in [0.25, 0.3) is 10.9 Å². The number of carbonyl (C=O) groups is 3. The number of benzene rings is 1. The second kappa shape index (κ2) is 15.2. The van der Waals surface area contributed by atoms with Crippen LogP contribution in [0.2, 0.25) is 0 Å². The quantitative estimate of drug-likeness (QED) is 0.271. The van der Waals surface area contributed by atoms with Gasteiger partial charge in [0.2, 0.25) is 11.8 Å². The number of hydrogen-bond acceptors (Lipinski definition) is 5. The minimum Gasteiger partial charge on any atom is -0.356 e. The van der Waals surface area contributed by atoms with Crippen LogP contribution in [0.15, 0.2) is 36.4 Å². The highest BCUT2D eigenvalue weighted by atomic mass is 16.2. The summed E-state index contributed by atoms with van der Waals surface area (Å²) in [7, 11) is 0. The summed E-state index contributed by atoms with van der Waals surface area (Å²) in [5.74, 6) is -0.265. The van der Waals surface area contributed by atoms with E-state index in [0.717, 1.165) is 43.0 Å². The lowest BCUT2D eigenvalue weighted by atomic mass is 9.94. The van der Waals surface area contributed by atoms with Crippen molar-refractivity contribution in [1.29, 1.82) is 0 Å². The Hall–Kier alpha value is -2.80. The molecule has 3 N–H and O–H groups in total. The molecule has 0 aliphatic carbocycles. The molecule has 0 radical (unpaired) electrons. The normalized spacial score (nSPS) is 12.8. The molecule has 192 valence electrons. The Labute approximate surface area is 209 Å². The first-order valence-electron chi connectivity index (χ1n) is 13.1. The second-order valence-corrected chi connectivity index (χ2v) is 9.26. The third-order valence-corrected chi connectivity index (χ3v) is 6.44. The van der Waals surface area contributed by atoms with E-state index in [1.807, 2.05) is 42.2 Å². The average molecular weight is 483 g/mol. The first kappa shape index (κ1) is 28.4. The maximum absolute atomic E-state index is 13.2. The van der Waals surface area contributed by atoms with Gasteiger partial charge in [-0.05, 0) is 50.7 Å². The Morgan fingerprint density at radius 1 is 0.971 bits per heavy atom. The third kappa shape index (κ3) is 9.40. The molecule has 7 heteroatoms. The van der Waals surface area contributed by atoms with Crippen molar-refractivity contribution in [2.75, 3.05) is 19.6 Å². The molecule has 2 amide bonds. The van der Waals surface area contributed by atoms with Crippen LogP contribution in [-0.4, -0.2) is 53.2 Å². The molecule has 2 rings (SSSR count). The van der Waals surface area contributed by atoms with Gasteiger partial charge in [0.25, 0.3) is 0 Å². The van der Waals surface area contributed by atoms with Gasteiger partial charge in [-0.15, -0.1) is 0 Å². The van der Waals surface area contributed by atoms with Crippen LogP contribution in [0.5, 0.6) is 0 Å². The number of amides is 2. The Balaban J connectivity index is 1.98. The van der Waals surface area contributed by atoms with Crippen molar-refractivity contribution in [1.82, 2.24) is 15.2 Å². The summed E-state index contributed by atoms with van der Waals surface area (Å²) in [4.78, 5) is 43.8. The topological polar surface area (TPSA) is 105 Å². The number of nitrogens with two attached hydrogens (primary N) is 1. The van der Waals surface area contributed by atoms with Crippen LogP contribution >= 0.6 is 0 Å². The molecule has 1 heterocycles. The highest BCUT2D eigenvalue weighted by Gasteiger charge is 2.24. The number of Topliss-reactive ketones (excluding diaryl/α,β-unsaturated/α-hetero) is 1. The van der Waals surface area contributed by atoms with Crippen LogP contribution in [0.3, 0.4) is 0 Å². The van der Waals surface area contributed by atoms with Crippen molar-refractivity contribution in [3.63, 3.8) is 0 Å². The monoisotopic (exact) mass is 482 g/mol. The molecule has 1 aromatic heterocycles. The number of unbranched alkanes of at least 4 members (excludes halogenated alkanes) is 3. The Morgan fingerprint density at radius 2 is 1.74 bits per heavy atom. The van der Waals surface area contributed by atoms with Crippen LogP contribution < -0.4 is 11.1 Å². The van der Waals surface area contributed by atoms with Crippen LogP contribution in [0.1, 0.15) is 82.6 Å². The highest BCUT2D eigenvalue weighted by Crippen LogP contribution is 2.19. The van der Waals surface area contributed by atoms with E-state index in [2.05, 4.69) is 17.2 Å². The molecular weight excluding hydrogens is 440 g/mol. The van der Waals surface area contributed by atoms with E-state index in [-0.39, 0.29) is 23.5 Å². The molecule has 35 heavy (non-hydrogen) atoms. The summed E-state index contributed by atoms with van der Waals surface area (Å²) in [6.45, 7) is 7.40. The fourth-order valence-corrected chi connectivity index (χ4v) is 4.24. The molecule has 1 aromatic carbocycles. The highest BCUT2D eigenvalue weighted by molar-refractivity contribution is 5.98. The molecule has 0 bridgehead atoms. The van der Waals surface area contributed by atoms with E-state index in [0.29, 0.717) is 44.6 Å². The molecule has 1 unspecified atom stereocenters. The van der Waals surface area contributed by atoms with Gasteiger partial charge in [-0.3, -0.25) is 14.4 Å². The molecular formula is C28H42N4O3. The smallest absolute Gasteiger partial charge is 0.239 e.